The number of carbonyl (C=O) groups is 2. The molecule has 0 radical (unpaired) electrons. The minimum Gasteiger partial charge on any atom is -0.325 e. The number of carbonyl (C=O) groups excluding carboxylic acids is 2. The molecule has 0 saturated heterocycles. The lowest BCUT2D eigenvalue weighted by molar-refractivity contribution is -0.114. The molecule has 0 atom stereocenters. The molecule has 7 heteroatoms. The van der Waals surface area contributed by atoms with Gasteiger partial charge in [-0.05, 0) is 54.4 Å². The Balaban J connectivity index is 1.82. The summed E-state index contributed by atoms with van der Waals surface area (Å²) in [5.74, 6) is -0.853. The third kappa shape index (κ3) is 5.33. The minimum atomic E-state index is -3.52. The average Bonchev–Trinajstić information content (AvgIpc) is 2.70. The Kier molecular flexibility index (Phi) is 6.32. The van der Waals surface area contributed by atoms with E-state index in [2.05, 4.69) is 10.6 Å². The molecular weight excluding hydrogens is 400 g/mol. The lowest BCUT2D eigenvalue weighted by Crippen LogP contribution is -2.15. The zero-order chi connectivity index (χ0) is 21.7. The van der Waals surface area contributed by atoms with E-state index in [-0.39, 0.29) is 16.6 Å². The molecular formula is C23H22N2O4S. The molecule has 3 rings (SSSR count). The monoisotopic (exact) mass is 422 g/mol. The number of anilines is 2. The van der Waals surface area contributed by atoms with Crippen LogP contribution in [0.3, 0.4) is 0 Å². The van der Waals surface area contributed by atoms with Gasteiger partial charge < -0.3 is 10.6 Å². The Morgan fingerprint density at radius 2 is 1.57 bits per heavy atom. The van der Waals surface area contributed by atoms with Crippen LogP contribution in [0.1, 0.15) is 28.4 Å². The van der Waals surface area contributed by atoms with E-state index in [4.69, 9.17) is 0 Å². The van der Waals surface area contributed by atoms with E-state index in [1.165, 1.54) is 6.92 Å². The first-order valence-electron chi connectivity index (χ1n) is 9.31. The molecule has 0 saturated carbocycles. The van der Waals surface area contributed by atoms with Gasteiger partial charge in [-0.1, -0.05) is 36.4 Å². The number of sulfone groups is 1. The van der Waals surface area contributed by atoms with Gasteiger partial charge in [0, 0.05) is 12.5 Å². The van der Waals surface area contributed by atoms with Gasteiger partial charge in [0.05, 0.1) is 22.0 Å². The highest BCUT2D eigenvalue weighted by Gasteiger charge is 2.16. The van der Waals surface area contributed by atoms with E-state index in [0.717, 1.165) is 5.56 Å². The highest BCUT2D eigenvalue weighted by molar-refractivity contribution is 7.90. The standard InChI is InChI=1S/C23H22N2O4S/c1-16-11-12-21(24-17(2)26)22(13-16)25-23(27)19-8-6-7-18(14-19)15-30(28,29)20-9-4-3-5-10-20/h3-14H,15H2,1-2H3,(H,24,26)(H,25,27). The first-order valence-corrected chi connectivity index (χ1v) is 11.0. The molecule has 2 amide bonds. The Hall–Kier alpha value is -3.45. The van der Waals surface area contributed by atoms with Crippen molar-refractivity contribution >= 4 is 33.0 Å². The molecule has 0 spiro atoms. The van der Waals surface area contributed by atoms with Gasteiger partial charge in [0.15, 0.2) is 9.84 Å². The third-order valence-electron chi connectivity index (χ3n) is 4.38. The summed E-state index contributed by atoms with van der Waals surface area (Å²) in [7, 11) is -3.52. The smallest absolute Gasteiger partial charge is 0.255 e. The maximum absolute atomic E-state index is 12.8. The third-order valence-corrected chi connectivity index (χ3v) is 6.09. The molecule has 0 aromatic heterocycles. The van der Waals surface area contributed by atoms with E-state index in [9.17, 15) is 18.0 Å². The van der Waals surface area contributed by atoms with Crippen molar-refractivity contribution in [3.63, 3.8) is 0 Å². The molecule has 2 N–H and O–H groups in total. The number of nitrogens with one attached hydrogen (secondary N) is 2. The van der Waals surface area contributed by atoms with Crippen LogP contribution in [-0.4, -0.2) is 20.2 Å². The SMILES string of the molecule is CC(=O)Nc1ccc(C)cc1NC(=O)c1cccc(CS(=O)(=O)c2ccccc2)c1. The number of aryl methyl sites for hydroxylation is 1. The van der Waals surface area contributed by atoms with Gasteiger partial charge in [0.1, 0.15) is 0 Å². The number of hydrogen-bond donors (Lipinski definition) is 2. The van der Waals surface area contributed by atoms with E-state index < -0.39 is 15.7 Å². The molecule has 0 aliphatic rings. The van der Waals surface area contributed by atoms with Gasteiger partial charge >= 0.3 is 0 Å². The van der Waals surface area contributed by atoms with Gasteiger partial charge in [-0.3, -0.25) is 9.59 Å². The fourth-order valence-electron chi connectivity index (χ4n) is 2.99. The normalized spacial score (nSPS) is 11.0. The maximum Gasteiger partial charge on any atom is 0.255 e. The van der Waals surface area contributed by atoms with Crippen LogP contribution in [0.25, 0.3) is 0 Å². The lowest BCUT2D eigenvalue weighted by Gasteiger charge is -2.13. The van der Waals surface area contributed by atoms with E-state index in [1.807, 2.05) is 13.0 Å². The molecule has 0 heterocycles. The van der Waals surface area contributed by atoms with Crippen LogP contribution in [0.4, 0.5) is 11.4 Å². The number of benzene rings is 3. The molecule has 3 aromatic rings. The number of rotatable bonds is 6. The van der Waals surface area contributed by atoms with Crippen molar-refractivity contribution in [3.8, 4) is 0 Å². The molecule has 0 bridgehead atoms. The Morgan fingerprint density at radius 3 is 2.27 bits per heavy atom. The molecule has 0 fully saturated rings. The van der Waals surface area contributed by atoms with E-state index >= 15 is 0 Å². The molecule has 6 nitrogen and oxygen atoms in total. The molecule has 154 valence electrons. The van der Waals surface area contributed by atoms with Crippen LogP contribution in [0.15, 0.2) is 77.7 Å². The van der Waals surface area contributed by atoms with Crippen LogP contribution >= 0.6 is 0 Å². The summed E-state index contributed by atoms with van der Waals surface area (Å²) in [5, 5.41) is 5.48. The number of amides is 2. The lowest BCUT2D eigenvalue weighted by atomic mass is 10.1. The first kappa shape index (κ1) is 21.3. The first-order chi connectivity index (χ1) is 14.2. The summed E-state index contributed by atoms with van der Waals surface area (Å²) in [4.78, 5) is 24.4. The topological polar surface area (TPSA) is 92.3 Å². The zero-order valence-corrected chi connectivity index (χ0v) is 17.5. The summed E-state index contributed by atoms with van der Waals surface area (Å²) in [6.45, 7) is 3.27. The quantitative estimate of drug-likeness (QED) is 0.623. The molecule has 0 aliphatic carbocycles. The zero-order valence-electron chi connectivity index (χ0n) is 16.7. The Morgan fingerprint density at radius 1 is 0.833 bits per heavy atom. The second-order valence-electron chi connectivity index (χ2n) is 6.96. The molecule has 30 heavy (non-hydrogen) atoms. The Bertz CT molecular complexity index is 1190. The highest BCUT2D eigenvalue weighted by Crippen LogP contribution is 2.24. The summed E-state index contributed by atoms with van der Waals surface area (Å²) in [6.07, 6.45) is 0. The summed E-state index contributed by atoms with van der Waals surface area (Å²) >= 11 is 0. The van der Waals surface area contributed by atoms with Gasteiger partial charge in [-0.25, -0.2) is 8.42 Å². The predicted molar refractivity (Wildman–Crippen MR) is 117 cm³/mol. The van der Waals surface area contributed by atoms with Crippen LogP contribution < -0.4 is 10.6 Å². The van der Waals surface area contributed by atoms with Crippen molar-refractivity contribution in [2.75, 3.05) is 10.6 Å². The van der Waals surface area contributed by atoms with Gasteiger partial charge in [0.2, 0.25) is 5.91 Å². The van der Waals surface area contributed by atoms with Gasteiger partial charge in [-0.15, -0.1) is 0 Å². The van der Waals surface area contributed by atoms with Crippen molar-refractivity contribution in [1.29, 1.82) is 0 Å². The molecule has 0 unspecified atom stereocenters. The van der Waals surface area contributed by atoms with Crippen molar-refractivity contribution in [1.82, 2.24) is 0 Å². The van der Waals surface area contributed by atoms with Crippen molar-refractivity contribution < 1.29 is 18.0 Å². The van der Waals surface area contributed by atoms with Crippen molar-refractivity contribution in [2.45, 2.75) is 24.5 Å². The van der Waals surface area contributed by atoms with Gasteiger partial charge in [-0.2, -0.15) is 0 Å². The van der Waals surface area contributed by atoms with Crippen LogP contribution in [0.5, 0.6) is 0 Å². The van der Waals surface area contributed by atoms with Crippen LogP contribution in [0, 0.1) is 6.92 Å². The van der Waals surface area contributed by atoms with Gasteiger partial charge in [0.25, 0.3) is 5.91 Å². The highest BCUT2D eigenvalue weighted by atomic mass is 32.2. The van der Waals surface area contributed by atoms with Crippen LogP contribution in [-0.2, 0) is 20.4 Å². The predicted octanol–water partition coefficient (Wildman–Crippen LogP) is 4.18. The second kappa shape index (κ2) is 8.92. The minimum absolute atomic E-state index is 0.209. The summed E-state index contributed by atoms with van der Waals surface area (Å²) in [6, 6.07) is 20.0. The average molecular weight is 423 g/mol. The van der Waals surface area contributed by atoms with E-state index in [0.29, 0.717) is 22.5 Å². The van der Waals surface area contributed by atoms with Crippen molar-refractivity contribution in [2.24, 2.45) is 0 Å². The Labute approximate surface area is 175 Å². The second-order valence-corrected chi connectivity index (χ2v) is 8.95. The fraction of sp³-hybridized carbons (Fsp3) is 0.130. The molecule has 3 aromatic carbocycles. The molecule has 0 aliphatic heterocycles. The maximum atomic E-state index is 12.8. The fourth-order valence-corrected chi connectivity index (χ4v) is 4.34. The number of hydrogen-bond acceptors (Lipinski definition) is 4. The van der Waals surface area contributed by atoms with Crippen molar-refractivity contribution in [3.05, 3.63) is 89.5 Å². The van der Waals surface area contributed by atoms with E-state index in [1.54, 1.807) is 66.7 Å². The van der Waals surface area contributed by atoms with Crippen LogP contribution in [0.2, 0.25) is 0 Å². The summed E-state index contributed by atoms with van der Waals surface area (Å²) in [5.41, 5.74) is 2.72. The largest absolute Gasteiger partial charge is 0.325 e. The summed E-state index contributed by atoms with van der Waals surface area (Å²) < 4.78 is 25.2.